The second kappa shape index (κ2) is 16.5. The Kier molecular flexibility index (Phi) is 37.0. The Bertz CT molecular complexity index is 76.5. The molecule has 0 aromatic heterocycles. The average Bonchev–Trinajstić information content (AvgIpc) is 1.25. The second-order valence-electron chi connectivity index (χ2n) is 0.983. The van der Waals surface area contributed by atoms with Crippen LogP contribution in [0.4, 0.5) is 0 Å². The van der Waals surface area contributed by atoms with Crippen LogP contribution < -0.4 is 9.79 Å². The van der Waals surface area contributed by atoms with Crippen molar-refractivity contribution in [3.05, 3.63) is 0 Å². The van der Waals surface area contributed by atoms with Crippen LogP contribution in [-0.4, -0.2) is 30.7 Å². The van der Waals surface area contributed by atoms with Crippen molar-refractivity contribution < 1.29 is 18.9 Å². The molecule has 0 aromatic carbocycles. The first-order valence-electron chi connectivity index (χ1n) is 1.82. The summed E-state index contributed by atoms with van der Waals surface area (Å²) in [4.78, 5) is 18.1. The SMILES string of the molecule is C.C[PH](=O)[O-].C[PH](=O)[O-].[Al+2]. The third-order valence-corrected chi connectivity index (χ3v) is 0. The van der Waals surface area contributed by atoms with Crippen LogP contribution in [0.25, 0.3) is 0 Å². The van der Waals surface area contributed by atoms with Crippen molar-refractivity contribution in [2.45, 2.75) is 7.43 Å². The molecule has 0 fully saturated rings. The summed E-state index contributed by atoms with van der Waals surface area (Å²) < 4.78 is 18.1. The molecular weight excluding hydrogens is 189 g/mol. The standard InChI is InChI=1S/2CH5O2P.CH4.Al/c2*1-4(2)3;;/h2*4H,1H3,(H,2,3);1H4;/q;;;+2/p-2. The third-order valence-electron chi connectivity index (χ3n) is 0. The summed E-state index contributed by atoms with van der Waals surface area (Å²) in [7, 11) is -4.76. The molecule has 0 spiro atoms. The summed E-state index contributed by atoms with van der Waals surface area (Å²) in [6.45, 7) is 2.31. The first kappa shape index (κ1) is 22.4. The number of rotatable bonds is 0. The molecule has 7 heteroatoms. The summed E-state index contributed by atoms with van der Waals surface area (Å²) >= 11 is 0. The molecule has 61 valence electrons. The van der Waals surface area contributed by atoms with E-state index >= 15 is 0 Å². The fourth-order valence-electron chi connectivity index (χ4n) is 0. The van der Waals surface area contributed by atoms with Gasteiger partial charge in [-0.25, -0.2) is 0 Å². The van der Waals surface area contributed by atoms with E-state index in [1.165, 1.54) is 0 Å². The van der Waals surface area contributed by atoms with Gasteiger partial charge in [-0.2, -0.15) is 0 Å². The van der Waals surface area contributed by atoms with Gasteiger partial charge in [0.1, 0.15) is 0 Å². The molecule has 10 heavy (non-hydrogen) atoms. The smallest absolute Gasteiger partial charge is 0.802 e. The molecule has 0 rings (SSSR count). The Hall–Kier alpha value is 0.912. The molecule has 0 saturated carbocycles. The Balaban J connectivity index is -0.0000000300. The van der Waals surface area contributed by atoms with Crippen molar-refractivity contribution in [3.63, 3.8) is 0 Å². The van der Waals surface area contributed by atoms with E-state index in [4.69, 9.17) is 18.9 Å². The molecule has 0 saturated heterocycles. The van der Waals surface area contributed by atoms with Gasteiger partial charge >= 0.3 is 17.4 Å². The number of hydrogen-bond donors (Lipinski definition) is 0. The van der Waals surface area contributed by atoms with Crippen LogP contribution in [0.15, 0.2) is 0 Å². The molecule has 0 amide bonds. The van der Waals surface area contributed by atoms with Gasteiger partial charge in [0.25, 0.3) is 0 Å². The Morgan fingerprint density at radius 1 is 1.00 bits per heavy atom. The summed E-state index contributed by atoms with van der Waals surface area (Å²) in [5.41, 5.74) is 0. The van der Waals surface area contributed by atoms with Crippen LogP contribution in [0.5, 0.6) is 0 Å². The maximum absolute atomic E-state index is 9.07. The van der Waals surface area contributed by atoms with Gasteiger partial charge in [0.15, 0.2) is 0 Å². The largest absolute Gasteiger partial charge is 2.00 e. The van der Waals surface area contributed by atoms with Gasteiger partial charge < -0.3 is 18.9 Å². The van der Waals surface area contributed by atoms with Crippen molar-refractivity contribution in [3.8, 4) is 0 Å². The average molecular weight is 201 g/mol. The molecule has 0 N–H and O–H groups in total. The van der Waals surface area contributed by atoms with E-state index in [-0.39, 0.29) is 24.8 Å². The summed E-state index contributed by atoms with van der Waals surface area (Å²) in [6.07, 6.45) is 0. The van der Waals surface area contributed by atoms with Gasteiger partial charge in [0.05, 0.1) is 0 Å². The monoisotopic (exact) mass is 201 g/mol. The van der Waals surface area contributed by atoms with Gasteiger partial charge in [-0.15, -0.1) is 0 Å². The van der Waals surface area contributed by atoms with Crippen LogP contribution in [0, 0.1) is 0 Å². The van der Waals surface area contributed by atoms with Crippen molar-refractivity contribution >= 4 is 33.4 Å². The van der Waals surface area contributed by atoms with E-state index in [1.54, 1.807) is 0 Å². The fourth-order valence-corrected chi connectivity index (χ4v) is 0. The minimum absolute atomic E-state index is 0. The van der Waals surface area contributed by atoms with Crippen molar-refractivity contribution in [2.24, 2.45) is 0 Å². The van der Waals surface area contributed by atoms with Gasteiger partial charge in [-0.1, -0.05) is 7.43 Å². The van der Waals surface area contributed by atoms with Crippen LogP contribution in [0.3, 0.4) is 0 Å². The van der Waals surface area contributed by atoms with Crippen molar-refractivity contribution in [2.75, 3.05) is 13.3 Å². The molecule has 2 unspecified atom stereocenters. The predicted molar refractivity (Wildman–Crippen MR) is 42.3 cm³/mol. The molecule has 0 aliphatic heterocycles. The molecule has 2 atom stereocenters. The van der Waals surface area contributed by atoms with E-state index in [0.717, 1.165) is 13.3 Å². The van der Waals surface area contributed by atoms with Gasteiger partial charge in [0.2, 0.25) is 0 Å². The van der Waals surface area contributed by atoms with Crippen LogP contribution in [0.1, 0.15) is 7.43 Å². The third kappa shape index (κ3) is 670. The first-order valence-corrected chi connectivity index (χ1v) is 5.45. The molecule has 0 aromatic rings. The molecule has 0 aliphatic rings. The van der Waals surface area contributed by atoms with Crippen LogP contribution in [-0.2, 0) is 9.13 Å². The molecule has 0 aliphatic carbocycles. The molecule has 4 nitrogen and oxygen atoms in total. The maximum Gasteiger partial charge on any atom is 2.00 e. The maximum atomic E-state index is 9.07. The van der Waals surface area contributed by atoms with Crippen LogP contribution >= 0.6 is 16.1 Å². The predicted octanol–water partition coefficient (Wildman–Crippen LogP) is -0.842. The summed E-state index contributed by atoms with van der Waals surface area (Å²) in [6, 6.07) is 0. The fraction of sp³-hybridized carbons (Fsp3) is 1.00. The quantitative estimate of drug-likeness (QED) is 0.378. The van der Waals surface area contributed by atoms with Gasteiger partial charge in [-0.05, 0) is 29.4 Å². The molecule has 0 heterocycles. The minimum Gasteiger partial charge on any atom is -0.802 e. The Labute approximate surface area is 73.5 Å². The van der Waals surface area contributed by atoms with E-state index in [0.29, 0.717) is 0 Å². The van der Waals surface area contributed by atoms with Gasteiger partial charge in [0, 0.05) is 0 Å². The zero-order chi connectivity index (χ0) is 7.15. The molecule has 1 radical (unpaired) electrons. The second-order valence-corrected chi connectivity index (χ2v) is 2.95. The van der Waals surface area contributed by atoms with Crippen LogP contribution in [0.2, 0.25) is 0 Å². The first-order chi connectivity index (χ1) is 3.46. The molecular formula is C3H12AlO4P2. The number of hydrogen-bond acceptors (Lipinski definition) is 4. The van der Waals surface area contributed by atoms with E-state index < -0.39 is 16.1 Å². The zero-order valence-electron chi connectivity index (χ0n) is 5.21. The van der Waals surface area contributed by atoms with E-state index in [2.05, 4.69) is 0 Å². The Morgan fingerprint density at radius 3 is 1.00 bits per heavy atom. The van der Waals surface area contributed by atoms with Gasteiger partial charge in [-0.3, -0.25) is 0 Å². The van der Waals surface area contributed by atoms with Crippen molar-refractivity contribution in [1.82, 2.24) is 0 Å². The van der Waals surface area contributed by atoms with E-state index in [9.17, 15) is 0 Å². The summed E-state index contributed by atoms with van der Waals surface area (Å²) in [5, 5.41) is 0. The molecule has 0 bridgehead atoms. The summed E-state index contributed by atoms with van der Waals surface area (Å²) in [5.74, 6) is 0. The normalized spacial score (nSPS) is 12.4. The zero-order valence-corrected chi connectivity index (χ0v) is 8.37. The Morgan fingerprint density at radius 2 is 1.00 bits per heavy atom. The van der Waals surface area contributed by atoms with E-state index in [1.807, 2.05) is 0 Å². The van der Waals surface area contributed by atoms with Crippen molar-refractivity contribution in [1.29, 1.82) is 0 Å². The topological polar surface area (TPSA) is 80.3 Å². The minimum atomic E-state index is -2.38.